The molecular formula is C21H26O. The summed E-state index contributed by atoms with van der Waals surface area (Å²) >= 11 is 0. The van der Waals surface area contributed by atoms with Crippen molar-refractivity contribution in [1.82, 2.24) is 0 Å². The van der Waals surface area contributed by atoms with Gasteiger partial charge in [-0.3, -0.25) is 4.79 Å². The molecule has 1 aliphatic rings. The molecule has 0 heterocycles. The van der Waals surface area contributed by atoms with E-state index < -0.39 is 0 Å². The summed E-state index contributed by atoms with van der Waals surface area (Å²) in [6.07, 6.45) is 0.788. The Kier molecular flexibility index (Phi) is 4.55. The van der Waals surface area contributed by atoms with Crippen molar-refractivity contribution < 1.29 is 4.79 Å². The Morgan fingerprint density at radius 2 is 1.45 bits per heavy atom. The molecule has 0 N–H and O–H groups in total. The van der Waals surface area contributed by atoms with E-state index in [0.717, 1.165) is 28.3 Å². The maximum Gasteiger partial charge on any atom is 0.189 e. The number of hydrogen-bond donors (Lipinski definition) is 0. The summed E-state index contributed by atoms with van der Waals surface area (Å²) in [5.41, 5.74) is 4.27. The van der Waals surface area contributed by atoms with Crippen LogP contribution in [0.2, 0.25) is 0 Å². The molecule has 2 aromatic rings. The summed E-state index contributed by atoms with van der Waals surface area (Å²) in [7, 11) is 0. The Balaban J connectivity index is 0.000000847. The quantitative estimate of drug-likeness (QED) is 0.605. The molecule has 1 nitrogen and oxygen atoms in total. The van der Waals surface area contributed by atoms with E-state index in [4.69, 9.17) is 0 Å². The molecule has 0 spiro atoms. The van der Waals surface area contributed by atoms with E-state index in [-0.39, 0.29) is 11.2 Å². The van der Waals surface area contributed by atoms with E-state index in [1.54, 1.807) is 0 Å². The molecule has 0 saturated carbocycles. The van der Waals surface area contributed by atoms with Gasteiger partial charge in [0.2, 0.25) is 0 Å². The zero-order valence-electron chi connectivity index (χ0n) is 14.6. The van der Waals surface area contributed by atoms with Gasteiger partial charge in [0.05, 0.1) is 0 Å². The molecule has 1 heteroatoms. The maximum atomic E-state index is 12.8. The van der Waals surface area contributed by atoms with Gasteiger partial charge in [-0.1, -0.05) is 77.9 Å². The van der Waals surface area contributed by atoms with Crippen LogP contribution in [0.15, 0.2) is 42.0 Å². The highest BCUT2D eigenvalue weighted by molar-refractivity contribution is 6.25. The first-order valence-corrected chi connectivity index (χ1v) is 8.25. The van der Waals surface area contributed by atoms with Crippen LogP contribution in [0, 0.1) is 5.41 Å². The first-order chi connectivity index (χ1) is 10.4. The second-order valence-electron chi connectivity index (χ2n) is 6.50. The van der Waals surface area contributed by atoms with Crippen molar-refractivity contribution in [3.05, 3.63) is 53.1 Å². The van der Waals surface area contributed by atoms with Gasteiger partial charge in [0.25, 0.3) is 0 Å². The molecule has 3 rings (SSSR count). The van der Waals surface area contributed by atoms with Gasteiger partial charge >= 0.3 is 0 Å². The highest BCUT2D eigenvalue weighted by atomic mass is 16.1. The Morgan fingerprint density at radius 1 is 0.909 bits per heavy atom. The third kappa shape index (κ3) is 2.49. The van der Waals surface area contributed by atoms with Crippen LogP contribution in [0.3, 0.4) is 0 Å². The molecule has 0 fully saturated rings. The second kappa shape index (κ2) is 6.08. The zero-order valence-corrected chi connectivity index (χ0v) is 14.6. The van der Waals surface area contributed by atoms with Gasteiger partial charge in [-0.05, 0) is 28.4 Å². The molecule has 0 amide bonds. The van der Waals surface area contributed by atoms with Crippen LogP contribution in [0.5, 0.6) is 0 Å². The summed E-state index contributed by atoms with van der Waals surface area (Å²) < 4.78 is 0. The minimum atomic E-state index is -0.0250. The predicted octanol–water partition coefficient (Wildman–Crippen LogP) is 6.27. The second-order valence-corrected chi connectivity index (χ2v) is 6.50. The minimum absolute atomic E-state index is 0.0250. The van der Waals surface area contributed by atoms with Crippen LogP contribution in [0.1, 0.15) is 63.9 Å². The van der Waals surface area contributed by atoms with E-state index in [0.29, 0.717) is 0 Å². The molecule has 1 aliphatic carbocycles. The molecule has 0 saturated heterocycles. The molecule has 0 unspecified atom stereocenters. The normalized spacial score (nSPS) is 14.0. The molecular weight excluding hydrogens is 268 g/mol. The van der Waals surface area contributed by atoms with Crippen molar-refractivity contribution in [2.75, 3.05) is 0 Å². The fourth-order valence-electron chi connectivity index (χ4n) is 3.37. The Morgan fingerprint density at radius 3 is 1.95 bits per heavy atom. The van der Waals surface area contributed by atoms with E-state index in [1.807, 2.05) is 26.0 Å². The number of hydrogen-bond acceptors (Lipinski definition) is 1. The zero-order chi connectivity index (χ0) is 16.5. The highest BCUT2D eigenvalue weighted by Crippen LogP contribution is 2.45. The number of carbonyl (C=O) groups is 1. The number of benzene rings is 2. The van der Waals surface area contributed by atoms with Crippen LogP contribution in [0.4, 0.5) is 0 Å². The summed E-state index contributed by atoms with van der Waals surface area (Å²) in [6, 6.07) is 12.4. The van der Waals surface area contributed by atoms with Crippen LogP contribution in [-0.4, -0.2) is 5.78 Å². The lowest BCUT2D eigenvalue weighted by atomic mass is 9.72. The summed E-state index contributed by atoms with van der Waals surface area (Å²) in [4.78, 5) is 12.8. The van der Waals surface area contributed by atoms with Gasteiger partial charge in [0.1, 0.15) is 0 Å². The standard InChI is InChI=1S/C19H20O.C2H6/c1-5-13-17(19(2,3)4)14-10-6-8-12-9-7-11-15(16(12)14)18(13)20;1-2/h6-11H,5H2,1-4H3;1-2H3. The molecule has 2 aromatic carbocycles. The smallest absolute Gasteiger partial charge is 0.189 e. The topological polar surface area (TPSA) is 17.1 Å². The minimum Gasteiger partial charge on any atom is -0.289 e. The number of carbonyl (C=O) groups excluding carboxylic acids is 1. The lowest BCUT2D eigenvalue weighted by Crippen LogP contribution is -2.20. The average Bonchev–Trinajstić information content (AvgIpc) is 2.51. The summed E-state index contributed by atoms with van der Waals surface area (Å²) in [5.74, 6) is 0.210. The first-order valence-electron chi connectivity index (χ1n) is 8.25. The van der Waals surface area contributed by atoms with Gasteiger partial charge in [-0.25, -0.2) is 0 Å². The first kappa shape index (κ1) is 16.5. The molecule has 0 aliphatic heterocycles. The monoisotopic (exact) mass is 294 g/mol. The van der Waals surface area contributed by atoms with Gasteiger partial charge in [-0.2, -0.15) is 0 Å². The molecule has 0 radical (unpaired) electrons. The number of allylic oxidation sites excluding steroid dienone is 2. The lowest BCUT2D eigenvalue weighted by Gasteiger charge is -2.31. The summed E-state index contributed by atoms with van der Waals surface area (Å²) in [5, 5.41) is 2.28. The Labute approximate surface area is 134 Å². The van der Waals surface area contributed by atoms with Crippen molar-refractivity contribution in [2.45, 2.75) is 48.0 Å². The van der Waals surface area contributed by atoms with Crippen molar-refractivity contribution in [1.29, 1.82) is 0 Å². The van der Waals surface area contributed by atoms with E-state index in [9.17, 15) is 4.79 Å². The van der Waals surface area contributed by atoms with Gasteiger partial charge in [0, 0.05) is 16.5 Å². The van der Waals surface area contributed by atoms with E-state index >= 15 is 0 Å². The average molecular weight is 294 g/mol. The largest absolute Gasteiger partial charge is 0.289 e. The lowest BCUT2D eigenvalue weighted by molar-refractivity contribution is 0.103. The SMILES string of the molecule is CC.CCC1=C(C(C)(C)C)c2cccc3cccc(c23)C1=O. The van der Waals surface area contributed by atoms with E-state index in [1.165, 1.54) is 11.1 Å². The fourth-order valence-corrected chi connectivity index (χ4v) is 3.37. The summed E-state index contributed by atoms with van der Waals surface area (Å²) in [6.45, 7) is 12.7. The highest BCUT2D eigenvalue weighted by Gasteiger charge is 2.32. The number of ketones is 1. The van der Waals surface area contributed by atoms with Gasteiger partial charge < -0.3 is 0 Å². The van der Waals surface area contributed by atoms with Crippen molar-refractivity contribution in [3.8, 4) is 0 Å². The maximum absolute atomic E-state index is 12.8. The molecule has 0 bridgehead atoms. The molecule has 22 heavy (non-hydrogen) atoms. The number of rotatable bonds is 1. The van der Waals surface area contributed by atoms with Crippen LogP contribution >= 0.6 is 0 Å². The van der Waals surface area contributed by atoms with Crippen molar-refractivity contribution in [3.63, 3.8) is 0 Å². The number of Topliss-reactive ketones (excluding diaryl/α,β-unsaturated/α-hetero) is 1. The molecule has 0 atom stereocenters. The van der Waals surface area contributed by atoms with Crippen LogP contribution in [0.25, 0.3) is 16.3 Å². The van der Waals surface area contributed by atoms with Gasteiger partial charge in [0.15, 0.2) is 5.78 Å². The molecule has 0 aromatic heterocycles. The Bertz CT molecular complexity index is 737. The fraction of sp³-hybridized carbons (Fsp3) is 0.381. The Hall–Kier alpha value is -1.89. The van der Waals surface area contributed by atoms with Crippen molar-refractivity contribution in [2.24, 2.45) is 5.41 Å². The predicted molar refractivity (Wildman–Crippen MR) is 96.3 cm³/mol. The van der Waals surface area contributed by atoms with Crippen LogP contribution < -0.4 is 0 Å². The third-order valence-corrected chi connectivity index (χ3v) is 4.10. The third-order valence-electron chi connectivity index (χ3n) is 4.10. The van der Waals surface area contributed by atoms with Crippen LogP contribution in [-0.2, 0) is 0 Å². The van der Waals surface area contributed by atoms with Gasteiger partial charge in [-0.15, -0.1) is 0 Å². The molecule has 116 valence electrons. The van der Waals surface area contributed by atoms with E-state index in [2.05, 4.69) is 52.0 Å². The van der Waals surface area contributed by atoms with Crippen molar-refractivity contribution >= 4 is 22.1 Å².